The standard InChI is InChI=1S/C12H20N4O2/c1-9-6-11(17-3)15-12(14-9)13-7-10-8-16(2)4-5-18-10/h6,10H,4-5,7-8H2,1-3H3,(H,13,14,15). The predicted molar refractivity (Wildman–Crippen MR) is 69.0 cm³/mol. The molecule has 6 nitrogen and oxygen atoms in total. The second kappa shape index (κ2) is 5.97. The van der Waals surface area contributed by atoms with E-state index < -0.39 is 0 Å². The number of anilines is 1. The summed E-state index contributed by atoms with van der Waals surface area (Å²) in [7, 11) is 3.70. The van der Waals surface area contributed by atoms with Crippen LogP contribution in [-0.4, -0.2) is 61.4 Å². The Morgan fingerprint density at radius 3 is 3.11 bits per heavy atom. The summed E-state index contributed by atoms with van der Waals surface area (Å²) in [5, 5.41) is 3.20. The Labute approximate surface area is 107 Å². The average Bonchev–Trinajstić information content (AvgIpc) is 2.36. The highest BCUT2D eigenvalue weighted by molar-refractivity contribution is 5.30. The van der Waals surface area contributed by atoms with Crippen molar-refractivity contribution in [2.75, 3.05) is 45.7 Å². The molecule has 18 heavy (non-hydrogen) atoms. The minimum absolute atomic E-state index is 0.179. The Bertz CT molecular complexity index is 400. The van der Waals surface area contributed by atoms with E-state index >= 15 is 0 Å². The molecule has 1 fully saturated rings. The van der Waals surface area contributed by atoms with Crippen molar-refractivity contribution < 1.29 is 9.47 Å². The topological polar surface area (TPSA) is 59.5 Å². The van der Waals surface area contributed by atoms with Gasteiger partial charge in [0, 0.05) is 31.4 Å². The highest BCUT2D eigenvalue weighted by atomic mass is 16.5. The number of nitrogens with one attached hydrogen (secondary N) is 1. The molecular formula is C12H20N4O2. The van der Waals surface area contributed by atoms with Crippen LogP contribution >= 0.6 is 0 Å². The zero-order valence-corrected chi connectivity index (χ0v) is 11.1. The van der Waals surface area contributed by atoms with Gasteiger partial charge in [0.05, 0.1) is 19.8 Å². The molecule has 2 rings (SSSR count). The Kier molecular flexibility index (Phi) is 4.33. The molecule has 100 valence electrons. The van der Waals surface area contributed by atoms with E-state index in [9.17, 15) is 0 Å². The maximum Gasteiger partial charge on any atom is 0.226 e. The van der Waals surface area contributed by atoms with Crippen LogP contribution in [0, 0.1) is 6.92 Å². The maximum absolute atomic E-state index is 5.67. The first kappa shape index (κ1) is 13.0. The third-order valence-electron chi connectivity index (χ3n) is 2.87. The van der Waals surface area contributed by atoms with Gasteiger partial charge in [-0.3, -0.25) is 0 Å². The van der Waals surface area contributed by atoms with Gasteiger partial charge in [-0.2, -0.15) is 4.98 Å². The molecule has 0 spiro atoms. The molecule has 1 aromatic rings. The molecule has 1 N–H and O–H groups in total. The van der Waals surface area contributed by atoms with Crippen LogP contribution in [0.25, 0.3) is 0 Å². The lowest BCUT2D eigenvalue weighted by Gasteiger charge is -2.30. The Morgan fingerprint density at radius 1 is 1.56 bits per heavy atom. The summed E-state index contributed by atoms with van der Waals surface area (Å²) in [5.41, 5.74) is 0.881. The van der Waals surface area contributed by atoms with Crippen molar-refractivity contribution in [2.24, 2.45) is 0 Å². The zero-order chi connectivity index (χ0) is 13.0. The van der Waals surface area contributed by atoms with E-state index in [0.717, 1.165) is 25.4 Å². The van der Waals surface area contributed by atoms with Gasteiger partial charge < -0.3 is 19.7 Å². The number of likely N-dealkylation sites (N-methyl/N-ethyl adjacent to an activating group) is 1. The summed E-state index contributed by atoms with van der Waals surface area (Å²) in [6.45, 7) is 5.32. The number of hydrogen-bond donors (Lipinski definition) is 1. The minimum Gasteiger partial charge on any atom is -0.481 e. The van der Waals surface area contributed by atoms with E-state index in [0.29, 0.717) is 18.4 Å². The maximum atomic E-state index is 5.67. The number of aryl methyl sites for hydroxylation is 1. The number of methoxy groups -OCH3 is 1. The molecule has 0 radical (unpaired) electrons. The van der Waals surface area contributed by atoms with Gasteiger partial charge in [-0.1, -0.05) is 0 Å². The van der Waals surface area contributed by atoms with Gasteiger partial charge in [-0.05, 0) is 14.0 Å². The van der Waals surface area contributed by atoms with Gasteiger partial charge in [0.25, 0.3) is 0 Å². The fourth-order valence-electron chi connectivity index (χ4n) is 1.92. The third kappa shape index (κ3) is 3.54. The van der Waals surface area contributed by atoms with Gasteiger partial charge in [0.1, 0.15) is 0 Å². The second-order valence-electron chi connectivity index (χ2n) is 4.51. The van der Waals surface area contributed by atoms with Crippen molar-refractivity contribution in [1.82, 2.24) is 14.9 Å². The Hall–Kier alpha value is -1.40. The lowest BCUT2D eigenvalue weighted by Crippen LogP contribution is -2.43. The van der Waals surface area contributed by atoms with Gasteiger partial charge in [-0.15, -0.1) is 0 Å². The molecule has 1 aromatic heterocycles. The van der Waals surface area contributed by atoms with Crippen LogP contribution in [0.15, 0.2) is 6.07 Å². The Balaban J connectivity index is 1.91. The van der Waals surface area contributed by atoms with Crippen LogP contribution in [0.3, 0.4) is 0 Å². The second-order valence-corrected chi connectivity index (χ2v) is 4.51. The largest absolute Gasteiger partial charge is 0.481 e. The summed E-state index contributed by atoms with van der Waals surface area (Å²) in [6, 6.07) is 1.80. The van der Waals surface area contributed by atoms with Crippen LogP contribution in [0.4, 0.5) is 5.95 Å². The molecule has 1 aliphatic heterocycles. The van der Waals surface area contributed by atoms with Crippen molar-refractivity contribution in [2.45, 2.75) is 13.0 Å². The summed E-state index contributed by atoms with van der Waals surface area (Å²) in [5.74, 6) is 1.16. The number of morpholine rings is 1. The average molecular weight is 252 g/mol. The number of nitrogens with zero attached hydrogens (tertiary/aromatic N) is 3. The zero-order valence-electron chi connectivity index (χ0n) is 11.1. The fourth-order valence-corrected chi connectivity index (χ4v) is 1.92. The smallest absolute Gasteiger partial charge is 0.226 e. The van der Waals surface area contributed by atoms with E-state index in [1.807, 2.05) is 6.92 Å². The molecule has 0 saturated carbocycles. The molecule has 0 amide bonds. The van der Waals surface area contributed by atoms with Crippen LogP contribution < -0.4 is 10.1 Å². The van der Waals surface area contributed by atoms with Gasteiger partial charge >= 0.3 is 0 Å². The minimum atomic E-state index is 0.179. The third-order valence-corrected chi connectivity index (χ3v) is 2.87. The van der Waals surface area contributed by atoms with E-state index in [2.05, 4.69) is 27.2 Å². The van der Waals surface area contributed by atoms with Crippen LogP contribution in [0.1, 0.15) is 5.69 Å². The number of aromatic nitrogens is 2. The van der Waals surface area contributed by atoms with Gasteiger partial charge in [0.15, 0.2) is 0 Å². The van der Waals surface area contributed by atoms with E-state index in [1.54, 1.807) is 13.2 Å². The molecule has 0 bridgehead atoms. The van der Waals surface area contributed by atoms with Crippen molar-refractivity contribution >= 4 is 5.95 Å². The summed E-state index contributed by atoms with van der Waals surface area (Å²) in [6.07, 6.45) is 0.179. The molecule has 6 heteroatoms. The highest BCUT2D eigenvalue weighted by Crippen LogP contribution is 2.11. The molecule has 1 saturated heterocycles. The van der Waals surface area contributed by atoms with Gasteiger partial charge in [-0.25, -0.2) is 4.98 Å². The molecule has 0 aliphatic carbocycles. The van der Waals surface area contributed by atoms with Crippen molar-refractivity contribution in [3.63, 3.8) is 0 Å². The quantitative estimate of drug-likeness (QED) is 0.844. The van der Waals surface area contributed by atoms with Gasteiger partial charge in [0.2, 0.25) is 11.8 Å². The number of rotatable bonds is 4. The monoisotopic (exact) mass is 252 g/mol. The Morgan fingerprint density at radius 2 is 2.39 bits per heavy atom. The summed E-state index contributed by atoms with van der Waals surface area (Å²) < 4.78 is 10.8. The molecular weight excluding hydrogens is 232 g/mol. The molecule has 0 aromatic carbocycles. The SMILES string of the molecule is COc1cc(C)nc(NCC2CN(C)CCO2)n1. The molecule has 2 heterocycles. The van der Waals surface area contributed by atoms with Crippen molar-refractivity contribution in [3.05, 3.63) is 11.8 Å². The molecule has 1 unspecified atom stereocenters. The van der Waals surface area contributed by atoms with E-state index in [-0.39, 0.29) is 6.10 Å². The first-order chi connectivity index (χ1) is 8.67. The lowest BCUT2D eigenvalue weighted by atomic mass is 10.3. The first-order valence-electron chi connectivity index (χ1n) is 6.11. The van der Waals surface area contributed by atoms with E-state index in [4.69, 9.17) is 9.47 Å². The van der Waals surface area contributed by atoms with Crippen LogP contribution in [-0.2, 0) is 4.74 Å². The summed E-state index contributed by atoms with van der Waals surface area (Å²) >= 11 is 0. The normalized spacial score (nSPS) is 20.7. The summed E-state index contributed by atoms with van der Waals surface area (Å²) in [4.78, 5) is 10.8. The van der Waals surface area contributed by atoms with Crippen LogP contribution in [0.5, 0.6) is 5.88 Å². The van der Waals surface area contributed by atoms with Crippen molar-refractivity contribution in [1.29, 1.82) is 0 Å². The fraction of sp³-hybridized carbons (Fsp3) is 0.667. The number of hydrogen-bond acceptors (Lipinski definition) is 6. The first-order valence-corrected chi connectivity index (χ1v) is 6.11. The molecule has 1 atom stereocenters. The number of ether oxygens (including phenoxy) is 2. The van der Waals surface area contributed by atoms with Crippen LogP contribution in [0.2, 0.25) is 0 Å². The van der Waals surface area contributed by atoms with E-state index in [1.165, 1.54) is 0 Å². The van der Waals surface area contributed by atoms with Crippen molar-refractivity contribution in [3.8, 4) is 5.88 Å². The predicted octanol–water partition coefficient (Wildman–Crippen LogP) is 0.536. The lowest BCUT2D eigenvalue weighted by molar-refractivity contribution is -0.0118. The molecule has 1 aliphatic rings. The highest BCUT2D eigenvalue weighted by Gasteiger charge is 2.17.